The lowest BCUT2D eigenvalue weighted by molar-refractivity contribution is -0.145. The maximum Gasteiger partial charge on any atom is 0.326 e. The van der Waals surface area contributed by atoms with Crippen LogP contribution in [0.2, 0.25) is 0 Å². The van der Waals surface area contributed by atoms with E-state index < -0.39 is 46.3 Å². The number of amides is 2. The van der Waals surface area contributed by atoms with E-state index >= 15 is 0 Å². The van der Waals surface area contributed by atoms with Crippen molar-refractivity contribution in [2.45, 2.75) is 25.4 Å². The standard InChI is InChI=1S/C10H16N2O7S/c1-6-5-20(18,19)3-2-12(6)10(17)11-7(9(15)16)4-8(13)14/h6-7H,2-5H2,1H3,(H,11,17)(H,13,14)(H,15,16). The van der Waals surface area contributed by atoms with Crippen LogP contribution in [0.25, 0.3) is 0 Å². The molecule has 0 aromatic rings. The summed E-state index contributed by atoms with van der Waals surface area (Å²) in [5.41, 5.74) is 0. The highest BCUT2D eigenvalue weighted by atomic mass is 32.2. The number of hydrogen-bond acceptors (Lipinski definition) is 5. The molecule has 1 fully saturated rings. The van der Waals surface area contributed by atoms with Gasteiger partial charge in [0.25, 0.3) is 0 Å². The lowest BCUT2D eigenvalue weighted by atomic mass is 10.2. The summed E-state index contributed by atoms with van der Waals surface area (Å²) in [6.07, 6.45) is -0.748. The molecular weight excluding hydrogens is 292 g/mol. The Morgan fingerprint density at radius 1 is 1.35 bits per heavy atom. The van der Waals surface area contributed by atoms with Crippen LogP contribution in [0.1, 0.15) is 13.3 Å². The lowest BCUT2D eigenvalue weighted by Gasteiger charge is -2.33. The minimum atomic E-state index is -3.19. The van der Waals surface area contributed by atoms with Crippen LogP contribution in [0.5, 0.6) is 0 Å². The van der Waals surface area contributed by atoms with Gasteiger partial charge in [-0.1, -0.05) is 0 Å². The molecule has 2 amide bonds. The minimum absolute atomic E-state index is 0.0469. The van der Waals surface area contributed by atoms with Crippen LogP contribution in [0.3, 0.4) is 0 Å². The molecule has 0 spiro atoms. The van der Waals surface area contributed by atoms with Gasteiger partial charge in [-0.2, -0.15) is 0 Å². The smallest absolute Gasteiger partial charge is 0.326 e. The number of carboxylic acid groups (broad SMARTS) is 2. The first-order chi connectivity index (χ1) is 9.12. The number of carbonyl (C=O) groups excluding carboxylic acids is 1. The number of carboxylic acids is 2. The summed E-state index contributed by atoms with van der Waals surface area (Å²) < 4.78 is 22.7. The van der Waals surface area contributed by atoms with Gasteiger partial charge in [0.05, 0.1) is 17.9 Å². The molecule has 1 aliphatic rings. The Balaban J connectivity index is 2.70. The van der Waals surface area contributed by atoms with Gasteiger partial charge in [0.15, 0.2) is 9.84 Å². The molecule has 1 aliphatic heterocycles. The van der Waals surface area contributed by atoms with E-state index in [2.05, 4.69) is 5.32 Å². The van der Waals surface area contributed by atoms with Crippen molar-refractivity contribution in [1.82, 2.24) is 10.2 Å². The number of hydrogen-bond donors (Lipinski definition) is 3. The van der Waals surface area contributed by atoms with Crippen molar-refractivity contribution in [1.29, 1.82) is 0 Å². The van der Waals surface area contributed by atoms with Crippen molar-refractivity contribution in [3.8, 4) is 0 Å². The van der Waals surface area contributed by atoms with E-state index in [0.717, 1.165) is 0 Å². The van der Waals surface area contributed by atoms with Crippen LogP contribution in [0.15, 0.2) is 0 Å². The van der Waals surface area contributed by atoms with E-state index in [1.54, 1.807) is 0 Å². The second kappa shape index (κ2) is 6.07. The molecule has 114 valence electrons. The summed E-state index contributed by atoms with van der Waals surface area (Å²) in [7, 11) is -3.19. The van der Waals surface area contributed by atoms with Gasteiger partial charge in [-0.15, -0.1) is 0 Å². The normalized spacial score (nSPS) is 22.9. The predicted octanol–water partition coefficient (Wildman–Crippen LogP) is -1.26. The van der Waals surface area contributed by atoms with Gasteiger partial charge in [-0.3, -0.25) is 4.79 Å². The average molecular weight is 308 g/mol. The molecule has 1 heterocycles. The summed E-state index contributed by atoms with van der Waals surface area (Å²) in [5.74, 6) is -3.21. The summed E-state index contributed by atoms with van der Waals surface area (Å²) in [6, 6.07) is -2.92. The van der Waals surface area contributed by atoms with Gasteiger partial charge in [-0.05, 0) is 6.92 Å². The van der Waals surface area contributed by atoms with Crippen LogP contribution in [-0.2, 0) is 19.4 Å². The van der Waals surface area contributed by atoms with Crippen molar-refractivity contribution in [2.75, 3.05) is 18.1 Å². The van der Waals surface area contributed by atoms with Crippen molar-refractivity contribution in [3.63, 3.8) is 0 Å². The number of urea groups is 1. The molecule has 3 N–H and O–H groups in total. The number of nitrogens with zero attached hydrogens (tertiary/aromatic N) is 1. The third kappa shape index (κ3) is 4.37. The highest BCUT2D eigenvalue weighted by Gasteiger charge is 2.33. The van der Waals surface area contributed by atoms with Crippen molar-refractivity contribution < 1.29 is 33.0 Å². The number of sulfone groups is 1. The Kier molecular flexibility index (Phi) is 4.93. The van der Waals surface area contributed by atoms with Crippen molar-refractivity contribution >= 4 is 27.8 Å². The molecule has 0 radical (unpaired) electrons. The largest absolute Gasteiger partial charge is 0.481 e. The molecule has 1 rings (SSSR count). The third-order valence-electron chi connectivity index (χ3n) is 2.91. The van der Waals surface area contributed by atoms with E-state index in [4.69, 9.17) is 10.2 Å². The molecule has 0 aromatic carbocycles. The van der Waals surface area contributed by atoms with Gasteiger partial charge in [0.2, 0.25) is 0 Å². The molecule has 20 heavy (non-hydrogen) atoms. The fourth-order valence-corrected chi connectivity index (χ4v) is 3.46. The topological polar surface area (TPSA) is 141 Å². The molecule has 0 bridgehead atoms. The van der Waals surface area contributed by atoms with E-state index in [0.29, 0.717) is 0 Å². The van der Waals surface area contributed by atoms with E-state index in [-0.39, 0.29) is 18.1 Å². The average Bonchev–Trinajstić information content (AvgIpc) is 2.25. The fourth-order valence-electron chi connectivity index (χ4n) is 1.91. The number of carbonyl (C=O) groups is 3. The Labute approximate surface area is 115 Å². The molecule has 9 nitrogen and oxygen atoms in total. The van der Waals surface area contributed by atoms with Gasteiger partial charge in [0, 0.05) is 12.6 Å². The minimum Gasteiger partial charge on any atom is -0.481 e. The van der Waals surface area contributed by atoms with E-state index in [9.17, 15) is 22.8 Å². The Morgan fingerprint density at radius 3 is 2.40 bits per heavy atom. The maximum atomic E-state index is 11.9. The lowest BCUT2D eigenvalue weighted by Crippen LogP contribution is -2.56. The molecular formula is C10H16N2O7S. The number of nitrogens with one attached hydrogen (secondary N) is 1. The zero-order valence-corrected chi connectivity index (χ0v) is 11.6. The molecule has 0 saturated carbocycles. The molecule has 2 atom stereocenters. The summed E-state index contributed by atoms with van der Waals surface area (Å²) >= 11 is 0. The Hall–Kier alpha value is -1.84. The quantitative estimate of drug-likeness (QED) is 0.588. The Morgan fingerprint density at radius 2 is 1.95 bits per heavy atom. The van der Waals surface area contributed by atoms with Crippen LogP contribution in [-0.4, -0.2) is 71.6 Å². The van der Waals surface area contributed by atoms with Crippen LogP contribution >= 0.6 is 0 Å². The highest BCUT2D eigenvalue weighted by molar-refractivity contribution is 7.91. The third-order valence-corrected chi connectivity index (χ3v) is 4.70. The maximum absolute atomic E-state index is 11.9. The summed E-state index contributed by atoms with van der Waals surface area (Å²) in [4.78, 5) is 34.4. The second-order valence-corrected chi connectivity index (χ2v) is 6.82. The first-order valence-corrected chi connectivity index (χ1v) is 7.66. The van der Waals surface area contributed by atoms with E-state index in [1.165, 1.54) is 11.8 Å². The van der Waals surface area contributed by atoms with Crippen molar-refractivity contribution in [2.24, 2.45) is 0 Å². The highest BCUT2D eigenvalue weighted by Crippen LogP contribution is 2.11. The first-order valence-electron chi connectivity index (χ1n) is 5.84. The van der Waals surface area contributed by atoms with Crippen LogP contribution < -0.4 is 5.32 Å². The van der Waals surface area contributed by atoms with Gasteiger partial charge in [0.1, 0.15) is 6.04 Å². The van der Waals surface area contributed by atoms with Crippen molar-refractivity contribution in [3.05, 3.63) is 0 Å². The fraction of sp³-hybridized carbons (Fsp3) is 0.700. The molecule has 1 saturated heterocycles. The zero-order valence-electron chi connectivity index (χ0n) is 10.8. The number of aliphatic carboxylic acids is 2. The second-order valence-electron chi connectivity index (χ2n) is 4.59. The monoisotopic (exact) mass is 308 g/mol. The SMILES string of the molecule is CC1CS(=O)(=O)CCN1C(=O)NC(CC(=O)O)C(=O)O. The van der Waals surface area contributed by atoms with Crippen LogP contribution in [0.4, 0.5) is 4.79 Å². The van der Waals surface area contributed by atoms with Gasteiger partial charge >= 0.3 is 18.0 Å². The first kappa shape index (κ1) is 16.2. The van der Waals surface area contributed by atoms with Crippen LogP contribution in [0, 0.1) is 0 Å². The number of rotatable bonds is 4. The Bertz CT molecular complexity index is 516. The summed E-state index contributed by atoms with van der Waals surface area (Å²) in [5, 5.41) is 19.5. The van der Waals surface area contributed by atoms with Gasteiger partial charge in [-0.25, -0.2) is 18.0 Å². The van der Waals surface area contributed by atoms with E-state index in [1.807, 2.05) is 0 Å². The molecule has 2 unspecified atom stereocenters. The predicted molar refractivity (Wildman–Crippen MR) is 67.0 cm³/mol. The molecule has 10 heteroatoms. The molecule has 0 aliphatic carbocycles. The molecule has 0 aromatic heterocycles. The summed E-state index contributed by atoms with van der Waals surface area (Å²) in [6.45, 7) is 1.48. The zero-order chi connectivity index (χ0) is 15.5. The van der Waals surface area contributed by atoms with Gasteiger partial charge < -0.3 is 20.4 Å².